The Morgan fingerprint density at radius 2 is 1.95 bits per heavy atom. The first-order valence-electron chi connectivity index (χ1n) is 6.71. The van der Waals surface area contributed by atoms with Gasteiger partial charge in [-0.1, -0.05) is 41.9 Å². The van der Waals surface area contributed by atoms with E-state index in [1.54, 1.807) is 11.9 Å². The summed E-state index contributed by atoms with van der Waals surface area (Å²) in [5, 5.41) is 1.72. The van der Waals surface area contributed by atoms with Gasteiger partial charge in [0.15, 0.2) is 0 Å². The molecule has 0 spiro atoms. The van der Waals surface area contributed by atoms with Crippen LogP contribution in [0, 0.1) is 0 Å². The summed E-state index contributed by atoms with van der Waals surface area (Å²) in [6.07, 6.45) is 0. The van der Waals surface area contributed by atoms with Crippen molar-refractivity contribution < 1.29 is 4.79 Å². The smallest absolute Gasteiger partial charge is 0.270 e. The average molecular weight is 299 g/mol. The van der Waals surface area contributed by atoms with Crippen molar-refractivity contribution in [3.8, 4) is 0 Å². The number of amides is 1. The lowest BCUT2D eigenvalue weighted by Crippen LogP contribution is -2.26. The van der Waals surface area contributed by atoms with Crippen molar-refractivity contribution in [3.05, 3.63) is 70.9 Å². The highest BCUT2D eigenvalue weighted by atomic mass is 35.5. The summed E-state index contributed by atoms with van der Waals surface area (Å²) in [7, 11) is 1.79. The number of fused-ring (bicyclic) bond motifs is 1. The van der Waals surface area contributed by atoms with Crippen molar-refractivity contribution in [2.24, 2.45) is 0 Å². The minimum absolute atomic E-state index is 0.0359. The Morgan fingerprint density at radius 1 is 1.14 bits per heavy atom. The molecule has 1 amide bonds. The van der Waals surface area contributed by atoms with Gasteiger partial charge in [-0.25, -0.2) is 0 Å². The number of hydrogen-bond acceptors (Lipinski definition) is 1. The van der Waals surface area contributed by atoms with Gasteiger partial charge < -0.3 is 9.88 Å². The fourth-order valence-electron chi connectivity index (χ4n) is 2.38. The minimum atomic E-state index is -0.0359. The Labute approximate surface area is 128 Å². The lowest BCUT2D eigenvalue weighted by molar-refractivity contribution is 0.0780. The molecule has 1 N–H and O–H groups in total. The zero-order valence-electron chi connectivity index (χ0n) is 11.6. The largest absolute Gasteiger partial charge is 0.351 e. The van der Waals surface area contributed by atoms with Gasteiger partial charge in [-0.05, 0) is 29.8 Å². The molecular formula is C17H15ClN2O. The quantitative estimate of drug-likeness (QED) is 0.776. The van der Waals surface area contributed by atoms with E-state index < -0.39 is 0 Å². The van der Waals surface area contributed by atoms with E-state index in [0.717, 1.165) is 16.5 Å². The molecular weight excluding hydrogens is 284 g/mol. The maximum absolute atomic E-state index is 12.5. The van der Waals surface area contributed by atoms with Crippen LogP contribution in [0.2, 0.25) is 5.02 Å². The summed E-state index contributed by atoms with van der Waals surface area (Å²) in [6.45, 7) is 0.523. The van der Waals surface area contributed by atoms with Gasteiger partial charge in [-0.15, -0.1) is 0 Å². The lowest BCUT2D eigenvalue weighted by Gasteiger charge is -2.16. The molecule has 21 heavy (non-hydrogen) atoms. The molecule has 0 radical (unpaired) electrons. The van der Waals surface area contributed by atoms with Gasteiger partial charge >= 0.3 is 0 Å². The van der Waals surface area contributed by atoms with Gasteiger partial charge in [0, 0.05) is 29.5 Å². The van der Waals surface area contributed by atoms with Crippen LogP contribution in [0.5, 0.6) is 0 Å². The average Bonchev–Trinajstić information content (AvgIpc) is 2.90. The highest BCUT2D eigenvalue weighted by Crippen LogP contribution is 2.17. The number of halogens is 1. The van der Waals surface area contributed by atoms with Crippen LogP contribution < -0.4 is 0 Å². The van der Waals surface area contributed by atoms with Crippen molar-refractivity contribution in [3.63, 3.8) is 0 Å². The summed E-state index contributed by atoms with van der Waals surface area (Å²) in [5.41, 5.74) is 2.58. The van der Waals surface area contributed by atoms with Crippen LogP contribution >= 0.6 is 11.6 Å². The maximum atomic E-state index is 12.5. The number of benzene rings is 2. The van der Waals surface area contributed by atoms with Crippen LogP contribution in [0.4, 0.5) is 0 Å². The Bertz CT molecular complexity index is 761. The van der Waals surface area contributed by atoms with E-state index in [4.69, 9.17) is 11.6 Å². The monoisotopic (exact) mass is 298 g/mol. The van der Waals surface area contributed by atoms with Crippen molar-refractivity contribution in [2.45, 2.75) is 6.54 Å². The molecule has 0 saturated carbocycles. The normalized spacial score (nSPS) is 10.8. The van der Waals surface area contributed by atoms with Crippen molar-refractivity contribution in [2.75, 3.05) is 7.05 Å². The van der Waals surface area contributed by atoms with Crippen LogP contribution in [0.3, 0.4) is 0 Å². The summed E-state index contributed by atoms with van der Waals surface area (Å²) >= 11 is 5.97. The third kappa shape index (κ3) is 2.93. The van der Waals surface area contributed by atoms with Crippen LogP contribution in [-0.2, 0) is 6.54 Å². The number of H-pyrrole nitrogens is 1. The molecule has 106 valence electrons. The third-order valence-corrected chi connectivity index (χ3v) is 3.65. The SMILES string of the molecule is CN(Cc1cccc(Cl)c1)C(=O)c1cc2ccccc2[nH]1. The summed E-state index contributed by atoms with van der Waals surface area (Å²) in [4.78, 5) is 17.3. The van der Waals surface area contributed by atoms with Crippen LogP contribution in [0.1, 0.15) is 16.1 Å². The number of nitrogens with zero attached hydrogens (tertiary/aromatic N) is 1. The van der Waals surface area contributed by atoms with Gasteiger partial charge in [-0.2, -0.15) is 0 Å². The zero-order chi connectivity index (χ0) is 14.8. The van der Waals surface area contributed by atoms with E-state index in [2.05, 4.69) is 4.98 Å². The molecule has 3 rings (SSSR count). The number of rotatable bonds is 3. The highest BCUT2D eigenvalue weighted by Gasteiger charge is 2.14. The Kier molecular flexibility index (Phi) is 3.67. The molecule has 3 aromatic rings. The molecule has 0 aliphatic heterocycles. The van der Waals surface area contributed by atoms with E-state index in [1.807, 2.05) is 54.6 Å². The highest BCUT2D eigenvalue weighted by molar-refractivity contribution is 6.30. The molecule has 0 aliphatic carbocycles. The molecule has 0 atom stereocenters. The second-order valence-electron chi connectivity index (χ2n) is 5.06. The number of carbonyl (C=O) groups excluding carboxylic acids is 1. The van der Waals surface area contributed by atoms with Gasteiger partial charge in [0.05, 0.1) is 0 Å². The number of nitrogens with one attached hydrogen (secondary N) is 1. The third-order valence-electron chi connectivity index (χ3n) is 3.42. The van der Waals surface area contributed by atoms with Gasteiger partial charge in [-0.3, -0.25) is 4.79 Å². The molecule has 4 heteroatoms. The molecule has 0 unspecified atom stereocenters. The predicted molar refractivity (Wildman–Crippen MR) is 85.5 cm³/mol. The Morgan fingerprint density at radius 3 is 2.71 bits per heavy atom. The number of aromatic nitrogens is 1. The molecule has 0 aliphatic rings. The molecule has 2 aromatic carbocycles. The molecule has 1 heterocycles. The molecule has 3 nitrogen and oxygen atoms in total. The summed E-state index contributed by atoms with van der Waals surface area (Å²) < 4.78 is 0. The standard InChI is InChI=1S/C17H15ClN2O/c1-20(11-12-5-4-7-14(18)9-12)17(21)16-10-13-6-2-3-8-15(13)19-16/h2-10,19H,11H2,1H3. The van der Waals surface area contributed by atoms with Gasteiger partial charge in [0.25, 0.3) is 5.91 Å². The first-order valence-corrected chi connectivity index (χ1v) is 7.09. The van der Waals surface area contributed by atoms with Crippen LogP contribution in [-0.4, -0.2) is 22.8 Å². The molecule has 0 fully saturated rings. The number of carbonyl (C=O) groups is 1. The fraction of sp³-hybridized carbons (Fsp3) is 0.118. The topological polar surface area (TPSA) is 36.1 Å². The van der Waals surface area contributed by atoms with E-state index in [9.17, 15) is 4.79 Å². The Hall–Kier alpha value is -2.26. The molecule has 1 aromatic heterocycles. The predicted octanol–water partition coefficient (Wildman–Crippen LogP) is 4.09. The summed E-state index contributed by atoms with van der Waals surface area (Å²) in [6, 6.07) is 17.3. The van der Waals surface area contributed by atoms with E-state index in [1.165, 1.54) is 0 Å². The Balaban J connectivity index is 1.80. The minimum Gasteiger partial charge on any atom is -0.351 e. The van der Waals surface area contributed by atoms with Gasteiger partial charge in [0.2, 0.25) is 0 Å². The molecule has 0 saturated heterocycles. The van der Waals surface area contributed by atoms with Crippen molar-refractivity contribution in [1.82, 2.24) is 9.88 Å². The maximum Gasteiger partial charge on any atom is 0.270 e. The van der Waals surface area contributed by atoms with E-state index in [-0.39, 0.29) is 5.91 Å². The second-order valence-corrected chi connectivity index (χ2v) is 5.50. The first-order chi connectivity index (χ1) is 10.1. The van der Waals surface area contributed by atoms with E-state index >= 15 is 0 Å². The number of aromatic amines is 1. The summed E-state index contributed by atoms with van der Waals surface area (Å²) in [5.74, 6) is -0.0359. The van der Waals surface area contributed by atoms with Crippen molar-refractivity contribution >= 4 is 28.4 Å². The number of hydrogen-bond donors (Lipinski definition) is 1. The number of para-hydroxylation sites is 1. The fourth-order valence-corrected chi connectivity index (χ4v) is 2.59. The van der Waals surface area contributed by atoms with E-state index in [0.29, 0.717) is 17.3 Å². The van der Waals surface area contributed by atoms with Crippen molar-refractivity contribution in [1.29, 1.82) is 0 Å². The van der Waals surface area contributed by atoms with Gasteiger partial charge in [0.1, 0.15) is 5.69 Å². The first kappa shape index (κ1) is 13.7. The van der Waals surface area contributed by atoms with Crippen LogP contribution in [0.15, 0.2) is 54.6 Å². The van der Waals surface area contributed by atoms with Crippen LogP contribution in [0.25, 0.3) is 10.9 Å². The second kappa shape index (κ2) is 5.62. The zero-order valence-corrected chi connectivity index (χ0v) is 12.4. The molecule has 0 bridgehead atoms. The lowest BCUT2D eigenvalue weighted by atomic mass is 10.2.